The fourth-order valence-electron chi connectivity index (χ4n) is 5.28. The summed E-state index contributed by atoms with van der Waals surface area (Å²) in [6, 6.07) is 17.2. The minimum atomic E-state index is -3.51. The topological polar surface area (TPSA) is 90.9 Å². The fraction of sp³-hybridized carbons (Fsp3) is 0.440. The van der Waals surface area contributed by atoms with Crippen molar-refractivity contribution in [2.24, 2.45) is 4.99 Å². The number of aliphatic imine (C=N–C) groups is 1. The molecule has 1 saturated heterocycles. The summed E-state index contributed by atoms with van der Waals surface area (Å²) in [5, 5.41) is 3.04. The highest BCUT2D eigenvalue weighted by Gasteiger charge is 2.35. The van der Waals surface area contributed by atoms with Crippen LogP contribution in [0.1, 0.15) is 42.7 Å². The van der Waals surface area contributed by atoms with Crippen LogP contribution < -0.4 is 10.0 Å². The number of piperidine rings is 1. The van der Waals surface area contributed by atoms with Crippen LogP contribution in [0.3, 0.4) is 0 Å². The number of amidine groups is 1. The summed E-state index contributed by atoms with van der Waals surface area (Å²) in [6.45, 7) is 1.67. The molecule has 5 rings (SSSR count). The fourth-order valence-corrected chi connectivity index (χ4v) is 6.61. The first-order valence-corrected chi connectivity index (χ1v) is 13.2. The van der Waals surface area contributed by atoms with E-state index < -0.39 is 10.0 Å². The average molecular weight is 467 g/mol. The van der Waals surface area contributed by atoms with E-state index in [0.717, 1.165) is 25.1 Å². The van der Waals surface area contributed by atoms with Crippen LogP contribution in [0.5, 0.6) is 0 Å². The van der Waals surface area contributed by atoms with Crippen molar-refractivity contribution in [3.05, 3.63) is 65.7 Å². The number of nitrogens with one attached hydrogen (secondary N) is 2. The van der Waals surface area contributed by atoms with Gasteiger partial charge in [-0.25, -0.2) is 13.1 Å². The molecule has 7 nitrogen and oxygen atoms in total. The largest absolute Gasteiger partial charge is 0.313 e. The van der Waals surface area contributed by atoms with Crippen LogP contribution in [-0.4, -0.2) is 56.8 Å². The van der Waals surface area contributed by atoms with Crippen LogP contribution in [0, 0.1) is 0 Å². The van der Waals surface area contributed by atoms with Crippen molar-refractivity contribution in [2.45, 2.75) is 55.0 Å². The van der Waals surface area contributed by atoms with Gasteiger partial charge in [0.1, 0.15) is 5.84 Å². The van der Waals surface area contributed by atoms with E-state index in [1.807, 2.05) is 0 Å². The van der Waals surface area contributed by atoms with Gasteiger partial charge in [0.05, 0.1) is 17.5 Å². The Bertz CT molecular complexity index is 1140. The molecular weight excluding hydrogens is 436 g/mol. The number of fused-ring (bicyclic) bond motifs is 3. The van der Waals surface area contributed by atoms with Crippen LogP contribution >= 0.6 is 0 Å². The van der Waals surface area contributed by atoms with Crippen molar-refractivity contribution in [2.75, 3.05) is 19.6 Å². The molecule has 0 saturated carbocycles. The molecule has 0 aromatic heterocycles. The zero-order valence-corrected chi connectivity index (χ0v) is 19.4. The second kappa shape index (κ2) is 9.37. The quantitative estimate of drug-likeness (QED) is 0.708. The monoisotopic (exact) mass is 466 g/mol. The van der Waals surface area contributed by atoms with Gasteiger partial charge in [0.15, 0.2) is 0 Å². The highest BCUT2D eigenvalue weighted by atomic mass is 32.2. The molecule has 8 heteroatoms. The molecule has 1 amide bonds. The molecule has 0 spiro atoms. The number of nitrogens with zero attached hydrogens (tertiary/aromatic N) is 2. The van der Waals surface area contributed by atoms with Gasteiger partial charge in [-0.05, 0) is 48.9 Å². The number of sulfonamides is 1. The van der Waals surface area contributed by atoms with Gasteiger partial charge in [-0.2, -0.15) is 0 Å². The minimum Gasteiger partial charge on any atom is -0.313 e. The number of rotatable bonds is 5. The van der Waals surface area contributed by atoms with E-state index in [1.165, 1.54) is 11.1 Å². The predicted molar refractivity (Wildman–Crippen MR) is 128 cm³/mol. The number of amides is 1. The molecule has 3 aliphatic rings. The minimum absolute atomic E-state index is 0.0380. The van der Waals surface area contributed by atoms with Crippen molar-refractivity contribution in [1.82, 2.24) is 14.9 Å². The summed E-state index contributed by atoms with van der Waals surface area (Å²) < 4.78 is 27.9. The van der Waals surface area contributed by atoms with E-state index in [1.54, 1.807) is 30.3 Å². The molecule has 2 aromatic carbocycles. The molecule has 2 N–H and O–H groups in total. The van der Waals surface area contributed by atoms with E-state index >= 15 is 0 Å². The van der Waals surface area contributed by atoms with E-state index in [4.69, 9.17) is 4.99 Å². The number of hydrogen-bond acceptors (Lipinski definition) is 5. The number of carbonyl (C=O) groups excluding carboxylic acids is 1. The number of likely N-dealkylation sites (tertiary alicyclic amines) is 1. The standard InChI is InChI=1S/C25H30N4O3S/c30-25(27-24-16-22-21-9-5-4-6-18(21)10-11-23(22)26-24)17-29-14-12-19(13-15-29)28-33(31,32)20-7-2-1-3-8-20/h1-9,19,22-23,28H,10-17H2,(H,26,27,30)/t22-,23+/m0/s1. The van der Waals surface area contributed by atoms with E-state index in [-0.39, 0.29) is 22.9 Å². The Hall–Kier alpha value is -2.55. The summed E-state index contributed by atoms with van der Waals surface area (Å²) in [5.41, 5.74) is 2.79. The zero-order valence-electron chi connectivity index (χ0n) is 18.6. The van der Waals surface area contributed by atoms with Gasteiger partial charge in [0.25, 0.3) is 0 Å². The second-order valence-electron chi connectivity index (χ2n) is 9.22. The smallest absolute Gasteiger partial charge is 0.240 e. The van der Waals surface area contributed by atoms with Gasteiger partial charge in [-0.15, -0.1) is 0 Å². The summed E-state index contributed by atoms with van der Waals surface area (Å²) >= 11 is 0. The molecule has 1 aliphatic carbocycles. The van der Waals surface area contributed by atoms with Gasteiger partial charge >= 0.3 is 0 Å². The molecule has 0 unspecified atom stereocenters. The van der Waals surface area contributed by atoms with Crippen molar-refractivity contribution in [3.63, 3.8) is 0 Å². The Balaban J connectivity index is 1.09. The van der Waals surface area contributed by atoms with E-state index in [2.05, 4.69) is 39.2 Å². The lowest BCUT2D eigenvalue weighted by atomic mass is 9.79. The number of hydrogen-bond donors (Lipinski definition) is 2. The average Bonchev–Trinajstić information content (AvgIpc) is 3.23. The number of aryl methyl sites for hydroxylation is 1. The molecule has 2 aliphatic heterocycles. The van der Waals surface area contributed by atoms with Crippen LogP contribution in [0.2, 0.25) is 0 Å². The number of carbonyl (C=O) groups is 1. The van der Waals surface area contributed by atoms with Crippen molar-refractivity contribution < 1.29 is 13.2 Å². The first kappa shape index (κ1) is 22.3. The molecule has 0 bridgehead atoms. The van der Waals surface area contributed by atoms with Crippen molar-refractivity contribution >= 4 is 21.8 Å². The maximum absolute atomic E-state index is 12.7. The normalized spacial score (nSPS) is 23.5. The highest BCUT2D eigenvalue weighted by molar-refractivity contribution is 7.89. The molecular formula is C25H30N4O3S. The number of benzene rings is 2. The first-order valence-electron chi connectivity index (χ1n) is 11.7. The maximum atomic E-state index is 12.7. The van der Waals surface area contributed by atoms with Crippen molar-refractivity contribution in [1.29, 1.82) is 0 Å². The molecule has 2 aromatic rings. The third-order valence-corrected chi connectivity index (χ3v) is 8.51. The van der Waals surface area contributed by atoms with E-state index in [9.17, 15) is 13.2 Å². The van der Waals surface area contributed by atoms with Crippen LogP contribution in [-0.2, 0) is 21.2 Å². The lowest BCUT2D eigenvalue weighted by Crippen LogP contribution is -2.47. The first-order chi connectivity index (χ1) is 16.0. The molecule has 174 valence electrons. The van der Waals surface area contributed by atoms with Crippen LogP contribution in [0.25, 0.3) is 0 Å². The lowest BCUT2D eigenvalue weighted by molar-refractivity contribution is -0.121. The third-order valence-electron chi connectivity index (χ3n) is 6.98. The summed E-state index contributed by atoms with van der Waals surface area (Å²) in [6.07, 6.45) is 4.23. The Morgan fingerprint density at radius 2 is 1.73 bits per heavy atom. The second-order valence-corrected chi connectivity index (χ2v) is 10.9. The van der Waals surface area contributed by atoms with E-state index in [0.29, 0.717) is 38.4 Å². The maximum Gasteiger partial charge on any atom is 0.240 e. The van der Waals surface area contributed by atoms with Gasteiger partial charge < -0.3 is 5.32 Å². The lowest BCUT2D eigenvalue weighted by Gasteiger charge is -2.31. The molecule has 2 heterocycles. The Labute approximate surface area is 195 Å². The zero-order chi connectivity index (χ0) is 22.8. The SMILES string of the molecule is O=C(CN1CCC(NS(=O)(=O)c2ccccc2)CC1)NC1=N[C@@H]2CCc3ccccc3[C@@H]2C1. The van der Waals surface area contributed by atoms with Gasteiger partial charge in [0, 0.05) is 31.5 Å². The van der Waals surface area contributed by atoms with Gasteiger partial charge in [-0.1, -0.05) is 42.5 Å². The Kier molecular flexibility index (Phi) is 6.32. The predicted octanol–water partition coefficient (Wildman–Crippen LogP) is 2.45. The summed E-state index contributed by atoms with van der Waals surface area (Å²) in [4.78, 5) is 19.8. The molecule has 33 heavy (non-hydrogen) atoms. The molecule has 0 radical (unpaired) electrons. The molecule has 2 atom stereocenters. The van der Waals surface area contributed by atoms with Crippen molar-refractivity contribution in [3.8, 4) is 0 Å². The Morgan fingerprint density at radius 3 is 2.52 bits per heavy atom. The summed E-state index contributed by atoms with van der Waals surface area (Å²) in [7, 11) is -3.51. The third kappa shape index (κ3) is 5.03. The van der Waals surface area contributed by atoms with Gasteiger partial charge in [0.2, 0.25) is 15.9 Å². The Morgan fingerprint density at radius 1 is 1.00 bits per heavy atom. The molecule has 1 fully saturated rings. The summed E-state index contributed by atoms with van der Waals surface area (Å²) in [5.74, 6) is 1.14. The van der Waals surface area contributed by atoms with Crippen LogP contribution in [0.4, 0.5) is 0 Å². The highest BCUT2D eigenvalue weighted by Crippen LogP contribution is 2.39. The van der Waals surface area contributed by atoms with Gasteiger partial charge in [-0.3, -0.25) is 14.7 Å². The van der Waals surface area contributed by atoms with Crippen LogP contribution in [0.15, 0.2) is 64.5 Å².